The molecule has 2 saturated heterocycles. The van der Waals surface area contributed by atoms with E-state index < -0.39 is 17.7 Å². The maximum Gasteiger partial charge on any atom is 0.240 e. The molecule has 2 atom stereocenters. The minimum absolute atomic E-state index is 0.121. The molecule has 3 aromatic heterocycles. The third-order valence-corrected chi connectivity index (χ3v) is 8.54. The summed E-state index contributed by atoms with van der Waals surface area (Å²) in [4.78, 5) is 24.6. The lowest BCUT2D eigenvalue weighted by molar-refractivity contribution is -0.127. The van der Waals surface area contributed by atoms with Crippen molar-refractivity contribution in [3.63, 3.8) is 0 Å². The van der Waals surface area contributed by atoms with E-state index in [2.05, 4.69) is 49.9 Å². The van der Waals surface area contributed by atoms with Gasteiger partial charge in [0.15, 0.2) is 0 Å². The first kappa shape index (κ1) is 28.8. The molecule has 10 nitrogen and oxygen atoms in total. The number of nitrogens with one attached hydrogen (secondary N) is 2. The highest BCUT2D eigenvalue weighted by Gasteiger charge is 2.40. The molecule has 6 rings (SSSR count). The van der Waals surface area contributed by atoms with Gasteiger partial charge in [-0.3, -0.25) is 9.79 Å². The second-order valence-electron chi connectivity index (χ2n) is 11.4. The first-order chi connectivity index (χ1) is 21.0. The Balaban J connectivity index is 1.22. The zero-order valence-corrected chi connectivity index (χ0v) is 24.7. The lowest BCUT2D eigenvalue weighted by Crippen LogP contribution is -2.60. The Morgan fingerprint density at radius 1 is 1.21 bits per heavy atom. The second kappa shape index (κ2) is 12.5. The third-order valence-electron chi connectivity index (χ3n) is 8.54. The zero-order chi connectivity index (χ0) is 29.8. The Hall–Kier alpha value is -4.28. The average molecular weight is 582 g/mol. The molecule has 0 spiro atoms. The lowest BCUT2D eigenvalue weighted by Gasteiger charge is -2.43. The number of aliphatic hydroxyl groups excluding tert-OH is 1. The molecule has 2 fully saturated rings. The molecule has 1 aromatic carbocycles. The minimum Gasteiger partial charge on any atom is -0.492 e. The van der Waals surface area contributed by atoms with Gasteiger partial charge in [-0.1, -0.05) is 30.3 Å². The van der Waals surface area contributed by atoms with Gasteiger partial charge in [-0.05, 0) is 62.9 Å². The molecule has 2 aliphatic rings. The van der Waals surface area contributed by atoms with Crippen molar-refractivity contribution in [3.8, 4) is 16.9 Å². The van der Waals surface area contributed by atoms with Crippen LogP contribution in [-0.4, -0.2) is 82.8 Å². The van der Waals surface area contributed by atoms with E-state index in [9.17, 15) is 9.90 Å². The van der Waals surface area contributed by atoms with Gasteiger partial charge in [0.2, 0.25) is 5.91 Å². The van der Waals surface area contributed by atoms with Gasteiger partial charge in [-0.25, -0.2) is 9.50 Å². The largest absolute Gasteiger partial charge is 0.492 e. The number of amides is 1. The van der Waals surface area contributed by atoms with Crippen molar-refractivity contribution in [2.24, 2.45) is 4.99 Å². The number of hydrogen-bond acceptors (Lipinski definition) is 8. The van der Waals surface area contributed by atoms with Gasteiger partial charge in [0.1, 0.15) is 17.6 Å². The number of aliphatic imine (C=N–C) groups is 1. The standard InChI is InChI=1S/C33H39N7O3/c1-3-43-26-17-27(31-25(19-34-2)21-37-40(31)22-26)24-9-10-29(36-20-24)39-15-12-33(13-16-39,18-23-7-5-4-6-8-23)38-32(42)30-28(41)11-14-35-30/h4-10,17,19-22,28,30,35,41H,3,11-16,18H2,1-2H3,(H,38,42)/b34-19-/t28-,30-/m0/s1. The molecular weight excluding hydrogens is 542 g/mol. The normalized spacial score (nSPS) is 20.1. The van der Waals surface area contributed by atoms with Crippen molar-refractivity contribution < 1.29 is 14.6 Å². The Kier molecular flexibility index (Phi) is 8.40. The summed E-state index contributed by atoms with van der Waals surface area (Å²) in [5.41, 5.74) is 4.60. The fourth-order valence-electron chi connectivity index (χ4n) is 6.34. The van der Waals surface area contributed by atoms with E-state index in [-0.39, 0.29) is 5.91 Å². The van der Waals surface area contributed by atoms with E-state index in [1.54, 1.807) is 13.2 Å². The number of pyridine rings is 2. The number of nitrogens with zero attached hydrogens (tertiary/aromatic N) is 5. The molecule has 3 N–H and O–H groups in total. The van der Waals surface area contributed by atoms with Gasteiger partial charge < -0.3 is 25.4 Å². The molecule has 224 valence electrons. The molecule has 2 aliphatic heterocycles. The number of anilines is 1. The Bertz CT molecular complexity index is 1580. The van der Waals surface area contributed by atoms with Crippen LogP contribution in [0.15, 0.2) is 72.1 Å². The summed E-state index contributed by atoms with van der Waals surface area (Å²) >= 11 is 0. The van der Waals surface area contributed by atoms with Gasteiger partial charge in [0.05, 0.1) is 30.6 Å². The maximum atomic E-state index is 13.3. The van der Waals surface area contributed by atoms with Crippen LogP contribution in [0.3, 0.4) is 0 Å². The SMILES string of the molecule is CCOc1cc(-c2ccc(N3CCC(Cc4ccccc4)(NC(=O)[C@H]4NCC[C@@H]4O)CC3)nc2)c2c(/C=N\C)cnn2c1. The number of aromatic nitrogens is 3. The molecule has 0 bridgehead atoms. The van der Waals surface area contributed by atoms with Gasteiger partial charge in [0.25, 0.3) is 0 Å². The summed E-state index contributed by atoms with van der Waals surface area (Å²) in [6.07, 6.45) is 9.63. The van der Waals surface area contributed by atoms with Crippen LogP contribution >= 0.6 is 0 Å². The molecule has 10 heteroatoms. The molecule has 0 radical (unpaired) electrons. The smallest absolute Gasteiger partial charge is 0.240 e. The van der Waals surface area contributed by atoms with Crippen molar-refractivity contribution >= 4 is 23.5 Å². The summed E-state index contributed by atoms with van der Waals surface area (Å²) in [6.45, 7) is 4.68. The predicted molar refractivity (Wildman–Crippen MR) is 168 cm³/mol. The van der Waals surface area contributed by atoms with Crippen LogP contribution in [-0.2, 0) is 11.2 Å². The molecule has 43 heavy (non-hydrogen) atoms. The quantitative estimate of drug-likeness (QED) is 0.260. The van der Waals surface area contributed by atoms with Crippen molar-refractivity contribution in [1.29, 1.82) is 0 Å². The number of rotatable bonds is 9. The first-order valence-corrected chi connectivity index (χ1v) is 15.0. The molecule has 0 saturated carbocycles. The summed E-state index contributed by atoms with van der Waals surface area (Å²) in [6, 6.07) is 15.9. The highest BCUT2D eigenvalue weighted by molar-refractivity contribution is 5.96. The van der Waals surface area contributed by atoms with Crippen molar-refractivity contribution in [2.75, 3.05) is 38.2 Å². The van der Waals surface area contributed by atoms with Crippen LogP contribution in [0.2, 0.25) is 0 Å². The van der Waals surface area contributed by atoms with E-state index in [0.29, 0.717) is 19.6 Å². The van der Waals surface area contributed by atoms with E-state index in [1.807, 2.05) is 54.3 Å². The Labute approximate surface area is 251 Å². The maximum absolute atomic E-state index is 13.3. The monoisotopic (exact) mass is 581 g/mol. The number of carbonyl (C=O) groups is 1. The van der Waals surface area contributed by atoms with E-state index in [1.165, 1.54) is 5.56 Å². The van der Waals surface area contributed by atoms with E-state index >= 15 is 0 Å². The van der Waals surface area contributed by atoms with Crippen LogP contribution in [0.5, 0.6) is 5.75 Å². The van der Waals surface area contributed by atoms with Gasteiger partial charge in [0, 0.05) is 54.8 Å². The molecule has 1 amide bonds. The minimum atomic E-state index is -0.653. The fourth-order valence-corrected chi connectivity index (χ4v) is 6.34. The van der Waals surface area contributed by atoms with Crippen molar-refractivity contribution in [2.45, 2.75) is 50.3 Å². The lowest BCUT2D eigenvalue weighted by atomic mass is 9.81. The van der Waals surface area contributed by atoms with Gasteiger partial charge in [-0.15, -0.1) is 0 Å². The van der Waals surface area contributed by atoms with Crippen molar-refractivity contribution in [3.05, 3.63) is 78.2 Å². The topological polar surface area (TPSA) is 116 Å². The second-order valence-corrected chi connectivity index (χ2v) is 11.4. The van der Waals surface area contributed by atoms with Gasteiger partial charge in [-0.2, -0.15) is 5.10 Å². The number of ether oxygens (including phenoxy) is 1. The number of aliphatic hydroxyl groups is 1. The van der Waals surface area contributed by atoms with Crippen molar-refractivity contribution in [1.82, 2.24) is 25.2 Å². The molecule has 0 aliphatic carbocycles. The van der Waals surface area contributed by atoms with E-state index in [4.69, 9.17) is 9.72 Å². The third kappa shape index (κ3) is 6.11. The number of piperidine rings is 1. The van der Waals surface area contributed by atoms with Gasteiger partial charge >= 0.3 is 0 Å². The first-order valence-electron chi connectivity index (χ1n) is 15.0. The summed E-state index contributed by atoms with van der Waals surface area (Å²) < 4.78 is 7.65. The highest BCUT2D eigenvalue weighted by Crippen LogP contribution is 2.33. The van der Waals surface area contributed by atoms with E-state index in [0.717, 1.165) is 66.1 Å². The Morgan fingerprint density at radius 2 is 2.02 bits per heavy atom. The Morgan fingerprint density at radius 3 is 2.70 bits per heavy atom. The summed E-state index contributed by atoms with van der Waals surface area (Å²) in [5.74, 6) is 1.52. The molecule has 4 aromatic rings. The van der Waals surface area contributed by atoms with Crippen LogP contribution < -0.4 is 20.3 Å². The number of fused-ring (bicyclic) bond motifs is 1. The zero-order valence-electron chi connectivity index (χ0n) is 24.7. The van der Waals surface area contributed by atoms with Crippen LogP contribution in [0.1, 0.15) is 37.3 Å². The number of hydrogen-bond donors (Lipinski definition) is 3. The van der Waals surface area contributed by atoms with Crippen LogP contribution in [0, 0.1) is 0 Å². The number of benzene rings is 1. The molecule has 5 heterocycles. The van der Waals surface area contributed by atoms with Crippen LogP contribution in [0.4, 0.5) is 5.82 Å². The van der Waals surface area contributed by atoms with Crippen LogP contribution in [0.25, 0.3) is 16.6 Å². The highest BCUT2D eigenvalue weighted by atomic mass is 16.5. The fraction of sp³-hybridized carbons (Fsp3) is 0.394. The predicted octanol–water partition coefficient (Wildman–Crippen LogP) is 3.26. The molecule has 0 unspecified atom stereocenters. The average Bonchev–Trinajstić information content (AvgIpc) is 3.64. The summed E-state index contributed by atoms with van der Waals surface area (Å²) in [7, 11) is 1.75. The summed E-state index contributed by atoms with van der Waals surface area (Å²) in [5, 5.41) is 21.4. The molecular formula is C33H39N7O3. The number of carbonyl (C=O) groups excluding carboxylic acids is 1.